The van der Waals surface area contributed by atoms with E-state index in [0.717, 1.165) is 5.56 Å². The number of rotatable bonds is 4. The molecule has 2 rings (SSSR count). The van der Waals surface area contributed by atoms with Crippen molar-refractivity contribution in [3.8, 4) is 0 Å². The highest BCUT2D eigenvalue weighted by Crippen LogP contribution is 2.25. The largest absolute Gasteiger partial charge is 0.393 e. The normalized spacial score (nSPS) is 11.8. The minimum atomic E-state index is -0.603. The van der Waals surface area contributed by atoms with Crippen LogP contribution in [0.2, 0.25) is 0 Å². The summed E-state index contributed by atoms with van der Waals surface area (Å²) in [5.41, 5.74) is 6.39. The van der Waals surface area contributed by atoms with E-state index in [0.29, 0.717) is 0 Å². The van der Waals surface area contributed by atoms with Gasteiger partial charge in [-0.3, -0.25) is 14.9 Å². The fraction of sp³-hybridized carbons (Fsp3) is 0.154. The Labute approximate surface area is 119 Å². The standard InChI is InChI=1S/C13H13N3O3S/c1-8(9-5-6-20-7-9)15-13(17)10-3-2-4-11(12(10)14)16(18)19/h2-8H,14H2,1H3,(H,15,17). The number of nitro benzene ring substituents is 1. The number of nitro groups is 1. The average molecular weight is 291 g/mol. The zero-order valence-corrected chi connectivity index (χ0v) is 11.5. The lowest BCUT2D eigenvalue weighted by molar-refractivity contribution is -0.383. The molecular formula is C13H13N3O3S. The summed E-state index contributed by atoms with van der Waals surface area (Å²) in [4.78, 5) is 22.3. The molecule has 3 N–H and O–H groups in total. The number of hydrogen-bond acceptors (Lipinski definition) is 5. The number of nitrogens with zero attached hydrogens (tertiary/aromatic N) is 1. The van der Waals surface area contributed by atoms with E-state index in [1.54, 1.807) is 0 Å². The number of carbonyl (C=O) groups excluding carboxylic acids is 1. The van der Waals surface area contributed by atoms with E-state index < -0.39 is 10.8 Å². The highest BCUT2D eigenvalue weighted by molar-refractivity contribution is 7.07. The van der Waals surface area contributed by atoms with Crippen LogP contribution in [0, 0.1) is 10.1 Å². The summed E-state index contributed by atoms with van der Waals surface area (Å²) >= 11 is 1.54. The number of nitrogens with two attached hydrogens (primary N) is 1. The second kappa shape index (κ2) is 5.70. The van der Waals surface area contributed by atoms with E-state index in [-0.39, 0.29) is 23.0 Å². The van der Waals surface area contributed by atoms with Crippen molar-refractivity contribution in [2.24, 2.45) is 0 Å². The van der Waals surface area contributed by atoms with Gasteiger partial charge >= 0.3 is 0 Å². The molecule has 1 aromatic heterocycles. The van der Waals surface area contributed by atoms with Crippen molar-refractivity contribution < 1.29 is 9.72 Å². The van der Waals surface area contributed by atoms with E-state index in [1.165, 1.54) is 29.5 Å². The molecule has 0 fully saturated rings. The molecule has 7 heteroatoms. The van der Waals surface area contributed by atoms with Gasteiger partial charge in [-0.15, -0.1) is 0 Å². The predicted octanol–water partition coefficient (Wildman–Crippen LogP) is 2.73. The smallest absolute Gasteiger partial charge is 0.292 e. The number of nitrogen functional groups attached to an aromatic ring is 1. The van der Waals surface area contributed by atoms with Crippen LogP contribution in [0.15, 0.2) is 35.0 Å². The van der Waals surface area contributed by atoms with Crippen molar-refractivity contribution >= 4 is 28.6 Å². The molecule has 0 aliphatic rings. The van der Waals surface area contributed by atoms with Crippen LogP contribution in [0.25, 0.3) is 0 Å². The Kier molecular flexibility index (Phi) is 3.99. The van der Waals surface area contributed by atoms with Gasteiger partial charge in [0.2, 0.25) is 0 Å². The van der Waals surface area contributed by atoms with E-state index in [2.05, 4.69) is 5.32 Å². The summed E-state index contributed by atoms with van der Waals surface area (Å²) in [6, 6.07) is 5.91. The third-order valence-electron chi connectivity index (χ3n) is 2.92. The molecule has 104 valence electrons. The third kappa shape index (κ3) is 2.77. The van der Waals surface area contributed by atoms with Gasteiger partial charge in [-0.2, -0.15) is 11.3 Å². The fourth-order valence-corrected chi connectivity index (χ4v) is 2.54. The van der Waals surface area contributed by atoms with Gasteiger partial charge in [-0.05, 0) is 35.4 Å². The van der Waals surface area contributed by atoms with Crippen LogP contribution in [-0.2, 0) is 0 Å². The van der Waals surface area contributed by atoms with Crippen molar-refractivity contribution in [1.29, 1.82) is 0 Å². The van der Waals surface area contributed by atoms with E-state index in [1.807, 2.05) is 23.8 Å². The molecular weight excluding hydrogens is 278 g/mol. The lowest BCUT2D eigenvalue weighted by Gasteiger charge is -2.13. The summed E-state index contributed by atoms with van der Waals surface area (Å²) in [7, 11) is 0. The van der Waals surface area contributed by atoms with E-state index in [9.17, 15) is 14.9 Å². The molecule has 0 saturated heterocycles. The SMILES string of the molecule is CC(NC(=O)c1cccc([N+](=O)[O-])c1N)c1ccsc1. The molecule has 1 aromatic carbocycles. The lowest BCUT2D eigenvalue weighted by atomic mass is 10.1. The number of carbonyl (C=O) groups is 1. The van der Waals surface area contributed by atoms with Crippen molar-refractivity contribution in [2.75, 3.05) is 5.73 Å². The molecule has 0 spiro atoms. The Balaban J connectivity index is 2.22. The topological polar surface area (TPSA) is 98.3 Å². The average Bonchev–Trinajstić information content (AvgIpc) is 2.92. The van der Waals surface area contributed by atoms with Gasteiger partial charge in [-0.1, -0.05) is 6.07 Å². The van der Waals surface area contributed by atoms with Gasteiger partial charge in [0.25, 0.3) is 11.6 Å². The second-order valence-corrected chi connectivity index (χ2v) is 5.03. The molecule has 6 nitrogen and oxygen atoms in total. The quantitative estimate of drug-likeness (QED) is 0.514. The molecule has 0 bridgehead atoms. The number of thiophene rings is 1. The molecule has 0 aliphatic heterocycles. The Morgan fingerprint density at radius 1 is 1.45 bits per heavy atom. The first-order chi connectivity index (χ1) is 9.50. The van der Waals surface area contributed by atoms with Gasteiger partial charge in [0.15, 0.2) is 0 Å². The first-order valence-corrected chi connectivity index (χ1v) is 6.81. The molecule has 1 heterocycles. The molecule has 0 saturated carbocycles. The molecule has 2 aromatic rings. The maximum Gasteiger partial charge on any atom is 0.292 e. The van der Waals surface area contributed by atoms with Crippen molar-refractivity contribution in [1.82, 2.24) is 5.32 Å². The number of nitrogens with one attached hydrogen (secondary N) is 1. The first-order valence-electron chi connectivity index (χ1n) is 5.86. The molecule has 20 heavy (non-hydrogen) atoms. The molecule has 0 aliphatic carbocycles. The van der Waals surface area contributed by atoms with Crippen LogP contribution in [0.3, 0.4) is 0 Å². The number of benzene rings is 1. The molecule has 0 radical (unpaired) electrons. The molecule has 1 amide bonds. The number of hydrogen-bond donors (Lipinski definition) is 2. The summed E-state index contributed by atoms with van der Waals surface area (Å²) in [6.07, 6.45) is 0. The van der Waals surface area contributed by atoms with Crippen LogP contribution in [0.1, 0.15) is 28.9 Å². The minimum Gasteiger partial charge on any atom is -0.393 e. The summed E-state index contributed by atoms with van der Waals surface area (Å²) in [5.74, 6) is -0.426. The predicted molar refractivity (Wildman–Crippen MR) is 77.7 cm³/mol. The monoisotopic (exact) mass is 291 g/mol. The summed E-state index contributed by atoms with van der Waals surface area (Å²) in [6.45, 7) is 1.84. The summed E-state index contributed by atoms with van der Waals surface area (Å²) < 4.78 is 0. The van der Waals surface area contributed by atoms with Gasteiger partial charge in [0.05, 0.1) is 16.5 Å². The van der Waals surface area contributed by atoms with Gasteiger partial charge in [-0.25, -0.2) is 0 Å². The fourth-order valence-electron chi connectivity index (χ4n) is 1.79. The van der Waals surface area contributed by atoms with Gasteiger partial charge in [0, 0.05) is 6.07 Å². The van der Waals surface area contributed by atoms with Crippen LogP contribution in [-0.4, -0.2) is 10.8 Å². The zero-order chi connectivity index (χ0) is 14.7. The number of anilines is 1. The van der Waals surface area contributed by atoms with Gasteiger partial charge in [0.1, 0.15) is 5.69 Å². The van der Waals surface area contributed by atoms with Crippen molar-refractivity contribution in [3.05, 3.63) is 56.3 Å². The Bertz CT molecular complexity index is 640. The highest BCUT2D eigenvalue weighted by atomic mass is 32.1. The second-order valence-electron chi connectivity index (χ2n) is 4.25. The summed E-state index contributed by atoms with van der Waals surface area (Å²) in [5, 5.41) is 17.4. The van der Waals surface area contributed by atoms with Crippen LogP contribution in [0.4, 0.5) is 11.4 Å². The Hall–Kier alpha value is -2.41. The van der Waals surface area contributed by atoms with Crippen LogP contribution >= 0.6 is 11.3 Å². The Morgan fingerprint density at radius 3 is 2.80 bits per heavy atom. The van der Waals surface area contributed by atoms with Crippen LogP contribution < -0.4 is 11.1 Å². The maximum absolute atomic E-state index is 12.1. The lowest BCUT2D eigenvalue weighted by Crippen LogP contribution is -2.27. The van der Waals surface area contributed by atoms with Crippen LogP contribution in [0.5, 0.6) is 0 Å². The van der Waals surface area contributed by atoms with Crippen molar-refractivity contribution in [3.63, 3.8) is 0 Å². The maximum atomic E-state index is 12.1. The Morgan fingerprint density at radius 2 is 2.20 bits per heavy atom. The third-order valence-corrected chi connectivity index (χ3v) is 3.62. The highest BCUT2D eigenvalue weighted by Gasteiger charge is 2.20. The van der Waals surface area contributed by atoms with Crippen molar-refractivity contribution in [2.45, 2.75) is 13.0 Å². The van der Waals surface area contributed by atoms with E-state index in [4.69, 9.17) is 5.73 Å². The van der Waals surface area contributed by atoms with Gasteiger partial charge < -0.3 is 11.1 Å². The first kappa shape index (κ1) is 14.0. The number of amides is 1. The zero-order valence-electron chi connectivity index (χ0n) is 10.7. The van der Waals surface area contributed by atoms with E-state index >= 15 is 0 Å². The molecule has 1 atom stereocenters. The molecule has 1 unspecified atom stereocenters. The number of para-hydroxylation sites is 1. The minimum absolute atomic E-state index is 0.112.